The van der Waals surface area contributed by atoms with Crippen molar-refractivity contribution in [2.75, 3.05) is 0 Å². The number of aryl methyl sites for hydroxylation is 1. The fourth-order valence-electron chi connectivity index (χ4n) is 1.37. The molecule has 18 heavy (non-hydrogen) atoms. The minimum Gasteiger partial charge on any atom is -0.481 e. The van der Waals surface area contributed by atoms with Gasteiger partial charge >= 0.3 is 12.3 Å². The topological polar surface area (TPSA) is 85.4 Å². The molecule has 8 heteroatoms. The Morgan fingerprint density at radius 1 is 1.56 bits per heavy atom. The molecule has 3 N–H and O–H groups in total. The Labute approximate surface area is 100 Å². The lowest BCUT2D eigenvalue weighted by molar-refractivity contribution is -0.276. The number of ether oxygens (including phenoxy) is 1. The van der Waals surface area contributed by atoms with E-state index in [0.717, 1.165) is 0 Å². The molecule has 0 saturated carbocycles. The van der Waals surface area contributed by atoms with Gasteiger partial charge in [0.15, 0.2) is 0 Å². The smallest absolute Gasteiger partial charge is 0.481 e. The summed E-state index contributed by atoms with van der Waals surface area (Å²) in [5.74, 6) is -1.87. The molecular formula is C10H11F3N2O3. The fraction of sp³-hybridized carbons (Fsp3) is 0.400. The van der Waals surface area contributed by atoms with Gasteiger partial charge in [-0.2, -0.15) is 0 Å². The molecule has 0 unspecified atom stereocenters. The lowest BCUT2D eigenvalue weighted by Crippen LogP contribution is -2.20. The summed E-state index contributed by atoms with van der Waals surface area (Å²) < 4.78 is 40.0. The van der Waals surface area contributed by atoms with Crippen molar-refractivity contribution in [3.63, 3.8) is 0 Å². The maximum atomic E-state index is 12.1. The summed E-state index contributed by atoms with van der Waals surface area (Å²) in [6.45, 7) is 1.36. The Morgan fingerprint density at radius 2 is 2.17 bits per heavy atom. The maximum absolute atomic E-state index is 12.1. The number of alkyl halides is 3. The Kier molecular flexibility index (Phi) is 4.12. The molecule has 0 saturated heterocycles. The molecule has 0 aliphatic carbocycles. The van der Waals surface area contributed by atoms with Gasteiger partial charge in [-0.1, -0.05) is 0 Å². The van der Waals surface area contributed by atoms with E-state index in [9.17, 15) is 18.0 Å². The van der Waals surface area contributed by atoms with Gasteiger partial charge in [-0.25, -0.2) is 4.98 Å². The van der Waals surface area contributed by atoms with Crippen LogP contribution in [0.15, 0.2) is 6.07 Å². The Balaban J connectivity index is 3.16. The molecule has 1 aromatic rings. The van der Waals surface area contributed by atoms with Gasteiger partial charge in [0.1, 0.15) is 0 Å². The molecular weight excluding hydrogens is 253 g/mol. The highest BCUT2D eigenvalue weighted by Gasteiger charge is 2.32. The highest BCUT2D eigenvalue weighted by atomic mass is 19.4. The zero-order chi connectivity index (χ0) is 13.9. The van der Waals surface area contributed by atoms with Crippen LogP contribution in [0.4, 0.5) is 13.2 Å². The van der Waals surface area contributed by atoms with Crippen molar-refractivity contribution in [3.05, 3.63) is 22.9 Å². The van der Waals surface area contributed by atoms with Gasteiger partial charge in [0.2, 0.25) is 5.88 Å². The SMILES string of the molecule is Cc1cc(CN)c(CC(=O)O)nc1OC(F)(F)F. The zero-order valence-electron chi connectivity index (χ0n) is 9.41. The Hall–Kier alpha value is -1.83. The number of carboxylic acids is 1. The summed E-state index contributed by atoms with van der Waals surface area (Å²) in [7, 11) is 0. The first kappa shape index (κ1) is 14.2. The van der Waals surface area contributed by atoms with Gasteiger partial charge in [-0.15, -0.1) is 13.2 Å². The van der Waals surface area contributed by atoms with E-state index >= 15 is 0 Å². The van der Waals surface area contributed by atoms with Crippen molar-refractivity contribution in [3.8, 4) is 5.88 Å². The highest BCUT2D eigenvalue weighted by molar-refractivity contribution is 5.70. The van der Waals surface area contributed by atoms with E-state index in [4.69, 9.17) is 10.8 Å². The second kappa shape index (κ2) is 5.21. The molecule has 1 aromatic heterocycles. The average Bonchev–Trinajstić information content (AvgIpc) is 2.19. The first-order valence-corrected chi connectivity index (χ1v) is 4.90. The number of nitrogens with zero attached hydrogens (tertiary/aromatic N) is 1. The molecule has 1 heterocycles. The Bertz CT molecular complexity index is 460. The van der Waals surface area contributed by atoms with Crippen molar-refractivity contribution in [2.45, 2.75) is 26.3 Å². The first-order valence-electron chi connectivity index (χ1n) is 4.90. The van der Waals surface area contributed by atoms with Gasteiger partial charge in [0.05, 0.1) is 12.1 Å². The molecule has 100 valence electrons. The molecule has 0 radical (unpaired) electrons. The number of hydrogen-bond donors (Lipinski definition) is 2. The summed E-state index contributed by atoms with van der Waals surface area (Å²) in [5.41, 5.74) is 5.86. The van der Waals surface area contributed by atoms with Crippen LogP contribution < -0.4 is 10.5 Å². The predicted octanol–water partition coefficient (Wildman–Crippen LogP) is 1.37. The number of hydrogen-bond acceptors (Lipinski definition) is 4. The van der Waals surface area contributed by atoms with Crippen LogP contribution in [0, 0.1) is 6.92 Å². The van der Waals surface area contributed by atoms with E-state index in [1.165, 1.54) is 13.0 Å². The van der Waals surface area contributed by atoms with Crippen LogP contribution in [0.1, 0.15) is 16.8 Å². The summed E-state index contributed by atoms with van der Waals surface area (Å²) in [6.07, 6.45) is -5.39. The van der Waals surface area contributed by atoms with Gasteiger partial charge in [0, 0.05) is 12.1 Å². The number of rotatable bonds is 4. The van der Waals surface area contributed by atoms with E-state index < -0.39 is 24.6 Å². The first-order chi connectivity index (χ1) is 8.23. The third kappa shape index (κ3) is 3.88. The molecule has 0 aliphatic heterocycles. The van der Waals surface area contributed by atoms with E-state index in [2.05, 4.69) is 9.72 Å². The zero-order valence-corrected chi connectivity index (χ0v) is 9.41. The molecule has 0 bridgehead atoms. The van der Waals surface area contributed by atoms with Gasteiger partial charge in [0.25, 0.3) is 0 Å². The second-order valence-electron chi connectivity index (χ2n) is 3.54. The number of carboxylic acid groups (broad SMARTS) is 1. The summed E-state index contributed by atoms with van der Waals surface area (Å²) in [6, 6.07) is 1.34. The summed E-state index contributed by atoms with van der Waals surface area (Å²) in [5, 5.41) is 8.64. The minimum absolute atomic E-state index is 0.0112. The van der Waals surface area contributed by atoms with Crippen molar-refractivity contribution >= 4 is 5.97 Å². The van der Waals surface area contributed by atoms with E-state index in [1.54, 1.807) is 0 Å². The van der Waals surface area contributed by atoms with Crippen molar-refractivity contribution in [2.24, 2.45) is 5.73 Å². The number of nitrogens with two attached hydrogens (primary N) is 1. The van der Waals surface area contributed by atoms with Crippen molar-refractivity contribution < 1.29 is 27.8 Å². The number of aromatic nitrogens is 1. The lowest BCUT2D eigenvalue weighted by Gasteiger charge is -2.13. The summed E-state index contributed by atoms with van der Waals surface area (Å²) in [4.78, 5) is 14.1. The standard InChI is InChI=1S/C10H11F3N2O3/c1-5-2-6(4-14)7(3-8(16)17)15-9(5)18-10(11,12)13/h2H,3-4,14H2,1H3,(H,16,17). The predicted molar refractivity (Wildman–Crippen MR) is 54.9 cm³/mol. The quantitative estimate of drug-likeness (QED) is 0.857. The molecule has 0 atom stereocenters. The van der Waals surface area contributed by atoms with Crippen LogP contribution in [0.2, 0.25) is 0 Å². The van der Waals surface area contributed by atoms with E-state index in [0.29, 0.717) is 5.56 Å². The molecule has 1 rings (SSSR count). The number of carbonyl (C=O) groups is 1. The molecule has 0 aromatic carbocycles. The lowest BCUT2D eigenvalue weighted by atomic mass is 10.1. The summed E-state index contributed by atoms with van der Waals surface area (Å²) >= 11 is 0. The van der Waals surface area contributed by atoms with E-state index in [-0.39, 0.29) is 17.8 Å². The Morgan fingerprint density at radius 3 is 2.61 bits per heavy atom. The van der Waals surface area contributed by atoms with Crippen LogP contribution in [-0.2, 0) is 17.8 Å². The van der Waals surface area contributed by atoms with Crippen LogP contribution in [0.25, 0.3) is 0 Å². The molecule has 0 fully saturated rings. The van der Waals surface area contributed by atoms with Crippen LogP contribution in [0.3, 0.4) is 0 Å². The average molecular weight is 264 g/mol. The molecule has 5 nitrogen and oxygen atoms in total. The van der Waals surface area contributed by atoms with Gasteiger partial charge in [-0.05, 0) is 18.6 Å². The minimum atomic E-state index is -4.87. The van der Waals surface area contributed by atoms with Crippen LogP contribution in [-0.4, -0.2) is 22.4 Å². The number of aliphatic carboxylic acids is 1. The third-order valence-corrected chi connectivity index (χ3v) is 2.09. The van der Waals surface area contributed by atoms with Gasteiger partial charge in [-0.3, -0.25) is 4.79 Å². The monoisotopic (exact) mass is 264 g/mol. The third-order valence-electron chi connectivity index (χ3n) is 2.09. The second-order valence-corrected chi connectivity index (χ2v) is 3.54. The van der Waals surface area contributed by atoms with Crippen molar-refractivity contribution in [1.82, 2.24) is 4.98 Å². The van der Waals surface area contributed by atoms with Crippen molar-refractivity contribution in [1.29, 1.82) is 0 Å². The maximum Gasteiger partial charge on any atom is 0.574 e. The molecule has 0 spiro atoms. The normalized spacial score (nSPS) is 11.4. The van der Waals surface area contributed by atoms with Crippen LogP contribution in [0.5, 0.6) is 5.88 Å². The van der Waals surface area contributed by atoms with E-state index in [1.807, 2.05) is 0 Å². The molecule has 0 aliphatic rings. The highest BCUT2D eigenvalue weighted by Crippen LogP contribution is 2.26. The fourth-order valence-corrected chi connectivity index (χ4v) is 1.37. The molecule has 0 amide bonds. The van der Waals surface area contributed by atoms with Crippen LogP contribution >= 0.6 is 0 Å². The van der Waals surface area contributed by atoms with Gasteiger partial charge < -0.3 is 15.6 Å². The largest absolute Gasteiger partial charge is 0.574 e. The number of pyridine rings is 1. The number of halogens is 3.